The number of aromatic nitrogens is 4. The lowest BCUT2D eigenvalue weighted by atomic mass is 10.2. The van der Waals surface area contributed by atoms with Crippen molar-refractivity contribution in [3.63, 3.8) is 0 Å². The zero-order valence-corrected chi connectivity index (χ0v) is 14.3. The van der Waals surface area contributed by atoms with Crippen molar-refractivity contribution in [2.24, 2.45) is 0 Å². The molecule has 4 rings (SSSR count). The van der Waals surface area contributed by atoms with E-state index in [1.54, 1.807) is 48.8 Å². The molecule has 5 nitrogen and oxygen atoms in total. The van der Waals surface area contributed by atoms with Gasteiger partial charge >= 0.3 is 0 Å². The Balaban J connectivity index is 1.84. The lowest BCUT2D eigenvalue weighted by Crippen LogP contribution is -2.23. The highest BCUT2D eigenvalue weighted by Crippen LogP contribution is 2.21. The molecule has 1 aromatic carbocycles. The van der Waals surface area contributed by atoms with E-state index in [-0.39, 0.29) is 5.56 Å². The molecule has 4 aromatic rings. The highest BCUT2D eigenvalue weighted by Gasteiger charge is 2.12. The average molecular weight is 375 g/mol. The Kier molecular flexibility index (Phi) is 3.80. The van der Waals surface area contributed by atoms with Gasteiger partial charge in [0.05, 0.1) is 4.53 Å². The second-order valence-corrected chi connectivity index (χ2v) is 6.80. The minimum Gasteiger partial charge on any atom is -0.266 e. The minimum absolute atomic E-state index is 0.228. The van der Waals surface area contributed by atoms with E-state index in [0.29, 0.717) is 25.4 Å². The third kappa shape index (κ3) is 2.69. The first-order valence-electron chi connectivity index (χ1n) is 6.88. The van der Waals surface area contributed by atoms with Crippen LogP contribution in [0.5, 0.6) is 0 Å². The molecule has 8 heteroatoms. The zero-order chi connectivity index (χ0) is 16.7. The Bertz CT molecular complexity index is 1150. The van der Waals surface area contributed by atoms with Crippen molar-refractivity contribution in [3.05, 3.63) is 73.2 Å². The summed E-state index contributed by atoms with van der Waals surface area (Å²) in [6.45, 7) is 0. The number of halogens is 2. The quantitative estimate of drug-likeness (QED) is 0.540. The van der Waals surface area contributed by atoms with Gasteiger partial charge in [0.1, 0.15) is 0 Å². The molecule has 3 aromatic heterocycles. The number of nitrogens with zero attached hydrogens (tertiary/aromatic N) is 4. The van der Waals surface area contributed by atoms with Crippen LogP contribution in [-0.2, 0) is 0 Å². The van der Waals surface area contributed by atoms with Crippen LogP contribution in [-0.4, -0.2) is 19.6 Å². The van der Waals surface area contributed by atoms with Crippen molar-refractivity contribution in [1.82, 2.24) is 19.6 Å². The first-order chi connectivity index (χ1) is 11.6. The summed E-state index contributed by atoms with van der Waals surface area (Å²) < 4.78 is 1.81. The maximum atomic E-state index is 12.5. The molecule has 24 heavy (non-hydrogen) atoms. The van der Waals surface area contributed by atoms with Gasteiger partial charge in [-0.1, -0.05) is 40.6 Å². The van der Waals surface area contributed by atoms with E-state index in [0.717, 1.165) is 11.1 Å². The smallest absolute Gasteiger partial charge is 0.266 e. The molecule has 118 valence electrons. The summed E-state index contributed by atoms with van der Waals surface area (Å²) in [5.41, 5.74) is 1.30. The lowest BCUT2D eigenvalue weighted by Gasteiger charge is -1.97. The van der Waals surface area contributed by atoms with Gasteiger partial charge in [-0.25, -0.2) is 0 Å². The van der Waals surface area contributed by atoms with Gasteiger partial charge in [0.2, 0.25) is 4.96 Å². The number of fused-ring (bicyclic) bond motifs is 1. The molecule has 0 saturated carbocycles. The molecule has 0 aliphatic rings. The highest BCUT2D eigenvalue weighted by atomic mass is 35.5. The SMILES string of the molecule is O=c1/c(=C\c2ccc(Cl)cc2Cl)sc2nc(-c3ccncc3)nn12. The summed E-state index contributed by atoms with van der Waals surface area (Å²) in [6, 6.07) is 8.72. The van der Waals surface area contributed by atoms with Gasteiger partial charge in [-0.15, -0.1) is 5.10 Å². The average Bonchev–Trinajstić information content (AvgIpc) is 3.11. The summed E-state index contributed by atoms with van der Waals surface area (Å²) in [4.78, 5) is 21.4. The fourth-order valence-electron chi connectivity index (χ4n) is 2.22. The van der Waals surface area contributed by atoms with Crippen molar-refractivity contribution < 1.29 is 0 Å². The zero-order valence-electron chi connectivity index (χ0n) is 12.0. The molecule has 0 saturated heterocycles. The van der Waals surface area contributed by atoms with Gasteiger partial charge in [0, 0.05) is 28.0 Å². The van der Waals surface area contributed by atoms with E-state index >= 15 is 0 Å². The van der Waals surface area contributed by atoms with Crippen molar-refractivity contribution in [3.8, 4) is 11.4 Å². The summed E-state index contributed by atoms with van der Waals surface area (Å²) in [5, 5.41) is 5.31. The molecule has 0 unspecified atom stereocenters. The fourth-order valence-corrected chi connectivity index (χ4v) is 3.58. The topological polar surface area (TPSA) is 60.2 Å². The Morgan fingerprint density at radius 2 is 1.92 bits per heavy atom. The monoisotopic (exact) mass is 374 g/mol. The molecule has 0 aliphatic heterocycles. The van der Waals surface area contributed by atoms with Crippen LogP contribution in [0, 0.1) is 0 Å². The van der Waals surface area contributed by atoms with Crippen LogP contribution in [0.3, 0.4) is 0 Å². The van der Waals surface area contributed by atoms with Crippen molar-refractivity contribution in [2.75, 3.05) is 0 Å². The van der Waals surface area contributed by atoms with Crippen LogP contribution in [0.1, 0.15) is 5.56 Å². The second kappa shape index (κ2) is 5.98. The summed E-state index contributed by atoms with van der Waals surface area (Å²) in [6.07, 6.45) is 5.03. The van der Waals surface area contributed by atoms with Gasteiger partial charge in [0.15, 0.2) is 5.82 Å². The van der Waals surface area contributed by atoms with E-state index in [9.17, 15) is 4.79 Å². The summed E-state index contributed by atoms with van der Waals surface area (Å²) in [5.74, 6) is 0.497. The number of hydrogen-bond acceptors (Lipinski definition) is 5. The Labute approximate surface area is 149 Å². The Morgan fingerprint density at radius 3 is 2.62 bits per heavy atom. The number of thiazole rings is 1. The molecular weight excluding hydrogens is 367 g/mol. The van der Waals surface area contributed by atoms with Crippen molar-refractivity contribution in [2.45, 2.75) is 0 Å². The predicted octanol–water partition coefficient (Wildman–Crippen LogP) is 3.07. The van der Waals surface area contributed by atoms with Crippen LogP contribution >= 0.6 is 34.5 Å². The third-order valence-electron chi connectivity index (χ3n) is 3.37. The largest absolute Gasteiger partial charge is 0.291 e. The van der Waals surface area contributed by atoms with Crippen LogP contribution < -0.4 is 10.1 Å². The molecule has 0 aliphatic carbocycles. The van der Waals surface area contributed by atoms with E-state index in [2.05, 4.69) is 15.1 Å². The van der Waals surface area contributed by atoms with Crippen LogP contribution in [0.25, 0.3) is 22.4 Å². The number of benzene rings is 1. The summed E-state index contributed by atoms with van der Waals surface area (Å²) in [7, 11) is 0. The molecule has 0 spiro atoms. The van der Waals surface area contributed by atoms with Gasteiger partial charge < -0.3 is 0 Å². The van der Waals surface area contributed by atoms with Gasteiger partial charge in [-0.05, 0) is 35.9 Å². The van der Waals surface area contributed by atoms with Crippen LogP contribution in [0.4, 0.5) is 0 Å². The first kappa shape index (κ1) is 15.3. The number of rotatable bonds is 2. The van der Waals surface area contributed by atoms with E-state index in [1.807, 2.05) is 0 Å². The fraction of sp³-hybridized carbons (Fsp3) is 0. The molecule has 0 amide bonds. The highest BCUT2D eigenvalue weighted by molar-refractivity contribution is 7.15. The molecule has 3 heterocycles. The first-order valence-corrected chi connectivity index (χ1v) is 8.46. The van der Waals surface area contributed by atoms with Gasteiger partial charge in [0.25, 0.3) is 5.56 Å². The molecule has 0 atom stereocenters. The maximum absolute atomic E-state index is 12.5. The van der Waals surface area contributed by atoms with Crippen molar-refractivity contribution >= 4 is 45.6 Å². The van der Waals surface area contributed by atoms with Gasteiger partial charge in [-0.3, -0.25) is 9.78 Å². The summed E-state index contributed by atoms with van der Waals surface area (Å²) >= 11 is 13.3. The van der Waals surface area contributed by atoms with E-state index in [4.69, 9.17) is 23.2 Å². The second-order valence-electron chi connectivity index (χ2n) is 4.95. The van der Waals surface area contributed by atoms with Gasteiger partial charge in [-0.2, -0.15) is 9.50 Å². The van der Waals surface area contributed by atoms with E-state index in [1.165, 1.54) is 15.9 Å². The van der Waals surface area contributed by atoms with Crippen LogP contribution in [0.2, 0.25) is 10.0 Å². The molecule has 0 N–H and O–H groups in total. The number of pyridine rings is 1. The normalized spacial score (nSPS) is 12.2. The van der Waals surface area contributed by atoms with Crippen molar-refractivity contribution in [1.29, 1.82) is 0 Å². The third-order valence-corrected chi connectivity index (χ3v) is 4.89. The molecular formula is C16H8Cl2N4OS. The Morgan fingerprint density at radius 1 is 1.12 bits per heavy atom. The maximum Gasteiger partial charge on any atom is 0.291 e. The standard InChI is InChI=1S/C16H8Cl2N4OS/c17-11-2-1-10(12(18)8-11)7-13-15(23)22-16(24-13)20-14(21-22)9-3-5-19-6-4-9/h1-8H/b13-7+. The van der Waals surface area contributed by atoms with Crippen LogP contribution in [0.15, 0.2) is 47.5 Å². The minimum atomic E-state index is -0.228. The number of hydrogen-bond donors (Lipinski definition) is 0. The van der Waals surface area contributed by atoms with E-state index < -0.39 is 0 Å². The molecule has 0 fully saturated rings. The predicted molar refractivity (Wildman–Crippen MR) is 95.6 cm³/mol. The molecule has 0 radical (unpaired) electrons. The Hall–Kier alpha value is -2.28. The lowest BCUT2D eigenvalue weighted by molar-refractivity contribution is 0.936. The molecule has 0 bridgehead atoms.